The van der Waals surface area contributed by atoms with Crippen molar-refractivity contribution in [3.63, 3.8) is 0 Å². The Hall–Kier alpha value is -1.78. The third kappa shape index (κ3) is 3.95. The first kappa shape index (κ1) is 16.1. The number of ether oxygens (including phenoxy) is 1. The Morgan fingerprint density at radius 3 is 2.35 bits per heavy atom. The summed E-state index contributed by atoms with van der Waals surface area (Å²) in [6.45, 7) is 8.11. The standard InChI is InChI=1S/C19H25N3O/c1-3-4-16-13-20-19(21-14-16)18-7-5-17(6-8-18)15(2)22-9-11-23-12-10-22/h5-8,13-15H,3-4,9-12H2,1-2H3. The van der Waals surface area contributed by atoms with E-state index in [0.29, 0.717) is 6.04 Å². The van der Waals surface area contributed by atoms with Crippen molar-refractivity contribution in [2.75, 3.05) is 26.3 Å². The van der Waals surface area contributed by atoms with E-state index in [0.717, 1.165) is 50.5 Å². The molecule has 1 aromatic heterocycles. The lowest BCUT2D eigenvalue weighted by molar-refractivity contribution is 0.0198. The SMILES string of the molecule is CCCc1cnc(-c2ccc(C(C)N3CCOCC3)cc2)nc1. The molecule has 2 aromatic rings. The fraction of sp³-hybridized carbons (Fsp3) is 0.474. The first-order valence-electron chi connectivity index (χ1n) is 8.51. The van der Waals surface area contributed by atoms with Gasteiger partial charge in [-0.2, -0.15) is 0 Å². The average Bonchev–Trinajstić information content (AvgIpc) is 2.63. The van der Waals surface area contributed by atoms with E-state index in [1.54, 1.807) is 0 Å². The van der Waals surface area contributed by atoms with Crippen molar-refractivity contribution in [3.8, 4) is 11.4 Å². The molecule has 0 saturated carbocycles. The van der Waals surface area contributed by atoms with Crippen molar-refractivity contribution in [2.24, 2.45) is 0 Å². The number of hydrogen-bond donors (Lipinski definition) is 0. The Kier molecular flexibility index (Phi) is 5.36. The van der Waals surface area contributed by atoms with E-state index in [4.69, 9.17) is 4.74 Å². The topological polar surface area (TPSA) is 38.2 Å². The van der Waals surface area contributed by atoms with Crippen molar-refractivity contribution in [1.29, 1.82) is 0 Å². The molecule has 1 saturated heterocycles. The van der Waals surface area contributed by atoms with Gasteiger partial charge in [0.1, 0.15) is 0 Å². The van der Waals surface area contributed by atoms with Crippen LogP contribution in [0, 0.1) is 0 Å². The van der Waals surface area contributed by atoms with Crippen molar-refractivity contribution in [2.45, 2.75) is 32.7 Å². The number of aryl methyl sites for hydroxylation is 1. The summed E-state index contributed by atoms with van der Waals surface area (Å²) in [7, 11) is 0. The molecule has 0 bridgehead atoms. The van der Waals surface area contributed by atoms with E-state index < -0.39 is 0 Å². The van der Waals surface area contributed by atoms with Gasteiger partial charge in [-0.05, 0) is 24.5 Å². The molecule has 0 aliphatic carbocycles. The van der Waals surface area contributed by atoms with Gasteiger partial charge >= 0.3 is 0 Å². The van der Waals surface area contributed by atoms with E-state index in [2.05, 4.69) is 53.0 Å². The van der Waals surface area contributed by atoms with Crippen LogP contribution in [0.4, 0.5) is 0 Å². The smallest absolute Gasteiger partial charge is 0.159 e. The summed E-state index contributed by atoms with van der Waals surface area (Å²) in [5.41, 5.74) is 3.61. The summed E-state index contributed by atoms with van der Waals surface area (Å²) < 4.78 is 5.43. The third-order valence-electron chi connectivity index (χ3n) is 4.49. The van der Waals surface area contributed by atoms with Crippen LogP contribution in [-0.4, -0.2) is 41.2 Å². The fourth-order valence-corrected chi connectivity index (χ4v) is 3.01. The molecule has 1 aromatic carbocycles. The summed E-state index contributed by atoms with van der Waals surface area (Å²) in [5.74, 6) is 0.801. The molecule has 1 unspecified atom stereocenters. The largest absolute Gasteiger partial charge is 0.379 e. The van der Waals surface area contributed by atoms with Crippen LogP contribution in [0.25, 0.3) is 11.4 Å². The van der Waals surface area contributed by atoms with Gasteiger partial charge in [0.25, 0.3) is 0 Å². The maximum atomic E-state index is 5.43. The molecule has 122 valence electrons. The molecule has 3 rings (SSSR count). The van der Waals surface area contributed by atoms with Gasteiger partial charge in [0.15, 0.2) is 5.82 Å². The maximum absolute atomic E-state index is 5.43. The number of morpholine rings is 1. The molecule has 1 aliphatic rings. The Labute approximate surface area is 138 Å². The van der Waals surface area contributed by atoms with Gasteiger partial charge in [0.2, 0.25) is 0 Å². The van der Waals surface area contributed by atoms with Gasteiger partial charge in [0, 0.05) is 37.1 Å². The summed E-state index contributed by atoms with van der Waals surface area (Å²) in [5, 5.41) is 0. The highest BCUT2D eigenvalue weighted by Gasteiger charge is 2.18. The van der Waals surface area contributed by atoms with Gasteiger partial charge in [-0.1, -0.05) is 37.6 Å². The Balaban J connectivity index is 1.70. The second-order valence-electron chi connectivity index (χ2n) is 6.11. The van der Waals surface area contributed by atoms with Crippen molar-refractivity contribution < 1.29 is 4.74 Å². The van der Waals surface area contributed by atoms with E-state index in [-0.39, 0.29) is 0 Å². The summed E-state index contributed by atoms with van der Waals surface area (Å²) in [6, 6.07) is 9.06. The van der Waals surface area contributed by atoms with Crippen LogP contribution in [0.3, 0.4) is 0 Å². The number of nitrogens with zero attached hydrogens (tertiary/aromatic N) is 3. The van der Waals surface area contributed by atoms with Crippen LogP contribution in [-0.2, 0) is 11.2 Å². The van der Waals surface area contributed by atoms with Crippen molar-refractivity contribution in [1.82, 2.24) is 14.9 Å². The first-order valence-corrected chi connectivity index (χ1v) is 8.51. The predicted molar refractivity (Wildman–Crippen MR) is 92.3 cm³/mol. The second kappa shape index (κ2) is 7.66. The molecule has 4 nitrogen and oxygen atoms in total. The second-order valence-corrected chi connectivity index (χ2v) is 6.11. The molecule has 1 fully saturated rings. The van der Waals surface area contributed by atoms with Crippen LogP contribution in [0.1, 0.15) is 37.4 Å². The number of aromatic nitrogens is 2. The van der Waals surface area contributed by atoms with Gasteiger partial charge in [0.05, 0.1) is 13.2 Å². The minimum atomic E-state index is 0.417. The van der Waals surface area contributed by atoms with Crippen LogP contribution in [0.2, 0.25) is 0 Å². The molecule has 1 aliphatic heterocycles. The van der Waals surface area contributed by atoms with Crippen LogP contribution >= 0.6 is 0 Å². The summed E-state index contributed by atoms with van der Waals surface area (Å²) in [4.78, 5) is 11.5. The van der Waals surface area contributed by atoms with Gasteiger partial charge in [-0.15, -0.1) is 0 Å². The molecule has 0 radical (unpaired) electrons. The summed E-state index contributed by atoms with van der Waals surface area (Å²) >= 11 is 0. The average molecular weight is 311 g/mol. The monoisotopic (exact) mass is 311 g/mol. The van der Waals surface area contributed by atoms with Gasteiger partial charge < -0.3 is 4.74 Å². The Morgan fingerprint density at radius 1 is 1.09 bits per heavy atom. The molecule has 0 spiro atoms. The Morgan fingerprint density at radius 2 is 1.74 bits per heavy atom. The molecular formula is C19H25N3O. The third-order valence-corrected chi connectivity index (χ3v) is 4.49. The number of hydrogen-bond acceptors (Lipinski definition) is 4. The maximum Gasteiger partial charge on any atom is 0.159 e. The highest BCUT2D eigenvalue weighted by atomic mass is 16.5. The van der Waals surface area contributed by atoms with Crippen LogP contribution in [0.15, 0.2) is 36.7 Å². The minimum Gasteiger partial charge on any atom is -0.379 e. The Bertz CT molecular complexity index is 604. The predicted octanol–water partition coefficient (Wildman–Crippen LogP) is 3.49. The highest BCUT2D eigenvalue weighted by molar-refractivity contribution is 5.55. The molecule has 2 heterocycles. The molecule has 4 heteroatoms. The quantitative estimate of drug-likeness (QED) is 0.847. The zero-order valence-corrected chi connectivity index (χ0v) is 14.0. The lowest BCUT2D eigenvalue weighted by Gasteiger charge is -2.32. The molecule has 1 atom stereocenters. The van der Waals surface area contributed by atoms with Crippen LogP contribution < -0.4 is 0 Å². The molecule has 23 heavy (non-hydrogen) atoms. The van der Waals surface area contributed by atoms with Gasteiger partial charge in [-0.25, -0.2) is 9.97 Å². The highest BCUT2D eigenvalue weighted by Crippen LogP contribution is 2.24. The fourth-order valence-electron chi connectivity index (χ4n) is 3.01. The minimum absolute atomic E-state index is 0.417. The van der Waals surface area contributed by atoms with E-state index in [1.165, 1.54) is 11.1 Å². The molecular weight excluding hydrogens is 286 g/mol. The first-order chi connectivity index (χ1) is 11.3. The lowest BCUT2D eigenvalue weighted by Crippen LogP contribution is -2.37. The zero-order valence-electron chi connectivity index (χ0n) is 14.0. The number of benzene rings is 1. The molecule has 0 N–H and O–H groups in total. The van der Waals surface area contributed by atoms with E-state index in [1.807, 2.05) is 12.4 Å². The van der Waals surface area contributed by atoms with E-state index >= 15 is 0 Å². The van der Waals surface area contributed by atoms with Crippen molar-refractivity contribution in [3.05, 3.63) is 47.8 Å². The normalized spacial score (nSPS) is 17.1. The molecule has 0 amide bonds. The van der Waals surface area contributed by atoms with Crippen LogP contribution in [0.5, 0.6) is 0 Å². The van der Waals surface area contributed by atoms with Crippen molar-refractivity contribution >= 4 is 0 Å². The van der Waals surface area contributed by atoms with Gasteiger partial charge in [-0.3, -0.25) is 4.90 Å². The van der Waals surface area contributed by atoms with E-state index in [9.17, 15) is 0 Å². The zero-order chi connectivity index (χ0) is 16.1. The lowest BCUT2D eigenvalue weighted by atomic mass is 10.0. The summed E-state index contributed by atoms with van der Waals surface area (Å²) in [6.07, 6.45) is 6.04. The number of rotatable bonds is 5.